The van der Waals surface area contributed by atoms with Gasteiger partial charge < -0.3 is 4.90 Å². The third kappa shape index (κ3) is 2.78. The highest BCUT2D eigenvalue weighted by Gasteiger charge is 2.11. The molecule has 82 valence electrons. The van der Waals surface area contributed by atoms with E-state index in [1.807, 2.05) is 23.1 Å². The Kier molecular flexibility index (Phi) is 4.89. The van der Waals surface area contributed by atoms with Crippen LogP contribution in [0.15, 0.2) is 22.7 Å². The molecule has 0 aliphatic rings. The van der Waals surface area contributed by atoms with E-state index in [0.29, 0.717) is 12.1 Å². The maximum Gasteiger partial charge on any atom is 0.103 e. The lowest BCUT2D eigenvalue weighted by molar-refractivity contribution is 0.821. The Bertz CT molecular complexity index is 440. The molecule has 0 saturated heterocycles. The van der Waals surface area contributed by atoms with E-state index in [1.54, 1.807) is 0 Å². The predicted octanol–water partition coefficient (Wildman–Crippen LogP) is 3.17. The van der Waals surface area contributed by atoms with Crippen molar-refractivity contribution in [3.05, 3.63) is 28.2 Å². The van der Waals surface area contributed by atoms with Crippen LogP contribution in [0.3, 0.4) is 0 Å². The summed E-state index contributed by atoms with van der Waals surface area (Å²) < 4.78 is 0.811. The lowest BCUT2D eigenvalue weighted by Crippen LogP contribution is -2.25. The fourth-order valence-corrected chi connectivity index (χ4v) is 2.00. The van der Waals surface area contributed by atoms with E-state index in [0.717, 1.165) is 23.1 Å². The number of hydrogen-bond donors (Lipinski definition) is 0. The van der Waals surface area contributed by atoms with Gasteiger partial charge in [0.1, 0.15) is 6.07 Å². The molecule has 1 aromatic rings. The minimum absolute atomic E-state index is 0.527. The fraction of sp³-hybridized carbons (Fsp3) is 0.308. The van der Waals surface area contributed by atoms with Crippen molar-refractivity contribution in [3.8, 4) is 18.4 Å². The third-order valence-corrected chi connectivity index (χ3v) is 2.88. The highest BCUT2D eigenvalue weighted by Crippen LogP contribution is 2.27. The van der Waals surface area contributed by atoms with Gasteiger partial charge in [-0.3, -0.25) is 0 Å². The molecular weight excluding hydrogens is 264 g/mol. The zero-order chi connectivity index (χ0) is 12.0. The molecule has 0 spiro atoms. The number of benzene rings is 1. The lowest BCUT2D eigenvalue weighted by Gasteiger charge is -2.23. The Balaban J connectivity index is 3.14. The zero-order valence-electron chi connectivity index (χ0n) is 9.20. The Labute approximate surface area is 105 Å². The van der Waals surface area contributed by atoms with Gasteiger partial charge in [-0.1, -0.05) is 18.9 Å². The molecule has 0 heterocycles. The van der Waals surface area contributed by atoms with E-state index in [4.69, 9.17) is 11.7 Å². The van der Waals surface area contributed by atoms with Crippen LogP contribution in [0, 0.1) is 23.7 Å². The fourth-order valence-electron chi connectivity index (χ4n) is 1.55. The monoisotopic (exact) mass is 276 g/mol. The Morgan fingerprint density at radius 3 is 2.81 bits per heavy atom. The second kappa shape index (κ2) is 6.20. The molecule has 0 unspecified atom stereocenters. The summed E-state index contributed by atoms with van der Waals surface area (Å²) in [7, 11) is 0. The summed E-state index contributed by atoms with van der Waals surface area (Å²) in [6.07, 6.45) is 6.34. The highest BCUT2D eigenvalue weighted by molar-refractivity contribution is 9.10. The van der Waals surface area contributed by atoms with Crippen LogP contribution in [-0.2, 0) is 0 Å². The van der Waals surface area contributed by atoms with Gasteiger partial charge in [0.2, 0.25) is 0 Å². The van der Waals surface area contributed by atoms with Gasteiger partial charge in [-0.05, 0) is 34.5 Å². The average molecular weight is 277 g/mol. The summed E-state index contributed by atoms with van der Waals surface area (Å²) in [5.41, 5.74) is 1.54. The highest BCUT2D eigenvalue weighted by atomic mass is 79.9. The largest absolute Gasteiger partial charge is 0.359 e. The quantitative estimate of drug-likeness (QED) is 0.790. The molecule has 3 heteroatoms. The molecule has 0 amide bonds. The molecule has 0 aromatic heterocycles. The molecule has 0 atom stereocenters. The topological polar surface area (TPSA) is 27.0 Å². The molecule has 2 nitrogen and oxygen atoms in total. The molecule has 1 aromatic carbocycles. The molecule has 0 N–H and O–H groups in total. The number of halogens is 1. The third-order valence-electron chi connectivity index (χ3n) is 2.22. The van der Waals surface area contributed by atoms with Gasteiger partial charge in [0.15, 0.2) is 0 Å². The Hall–Kier alpha value is -1.45. The minimum atomic E-state index is 0.527. The molecule has 0 bridgehead atoms. The SMILES string of the molecule is C#CCN(CCC)c1cccc(Br)c1C#N. The predicted molar refractivity (Wildman–Crippen MR) is 70.2 cm³/mol. The average Bonchev–Trinajstić information content (AvgIpc) is 2.28. The van der Waals surface area contributed by atoms with Gasteiger partial charge in [0.05, 0.1) is 17.8 Å². The number of rotatable bonds is 4. The first-order valence-electron chi connectivity index (χ1n) is 5.11. The summed E-state index contributed by atoms with van der Waals surface area (Å²) >= 11 is 3.38. The van der Waals surface area contributed by atoms with Crippen LogP contribution in [0.5, 0.6) is 0 Å². The van der Waals surface area contributed by atoms with Gasteiger partial charge >= 0.3 is 0 Å². The van der Waals surface area contributed by atoms with Crippen molar-refractivity contribution in [1.82, 2.24) is 0 Å². The summed E-state index contributed by atoms with van der Waals surface area (Å²) in [5.74, 6) is 2.62. The van der Waals surface area contributed by atoms with Gasteiger partial charge in [0, 0.05) is 11.0 Å². The number of hydrogen-bond acceptors (Lipinski definition) is 2. The summed E-state index contributed by atoms with van der Waals surface area (Å²) in [6, 6.07) is 7.91. The zero-order valence-corrected chi connectivity index (χ0v) is 10.8. The van der Waals surface area contributed by atoms with Gasteiger partial charge in [-0.15, -0.1) is 6.42 Å². The summed E-state index contributed by atoms with van der Waals surface area (Å²) in [4.78, 5) is 2.04. The normalized spacial score (nSPS) is 9.25. The Morgan fingerprint density at radius 1 is 1.50 bits per heavy atom. The van der Waals surface area contributed by atoms with Crippen molar-refractivity contribution in [1.29, 1.82) is 5.26 Å². The molecule has 0 aliphatic carbocycles. The molecule has 0 saturated carbocycles. The van der Waals surface area contributed by atoms with Crippen molar-refractivity contribution in [2.24, 2.45) is 0 Å². The smallest absolute Gasteiger partial charge is 0.103 e. The summed E-state index contributed by atoms with van der Waals surface area (Å²) in [6.45, 7) is 3.47. The van der Waals surface area contributed by atoms with Crippen LogP contribution in [0.25, 0.3) is 0 Å². The second-order valence-electron chi connectivity index (χ2n) is 3.37. The van der Waals surface area contributed by atoms with Crippen LogP contribution < -0.4 is 4.90 Å². The lowest BCUT2D eigenvalue weighted by atomic mass is 10.1. The first-order chi connectivity index (χ1) is 7.74. The molecule has 0 fully saturated rings. The summed E-state index contributed by atoms with van der Waals surface area (Å²) in [5, 5.41) is 9.13. The van der Waals surface area contributed by atoms with Crippen molar-refractivity contribution in [3.63, 3.8) is 0 Å². The van der Waals surface area contributed by atoms with Gasteiger partial charge in [-0.2, -0.15) is 5.26 Å². The maximum absolute atomic E-state index is 9.13. The number of nitrogens with zero attached hydrogens (tertiary/aromatic N) is 2. The van der Waals surface area contributed by atoms with E-state index in [-0.39, 0.29) is 0 Å². The van der Waals surface area contributed by atoms with Crippen molar-refractivity contribution in [2.75, 3.05) is 18.0 Å². The number of nitriles is 1. The molecule has 0 aliphatic heterocycles. The Morgan fingerprint density at radius 2 is 2.25 bits per heavy atom. The van der Waals surface area contributed by atoms with Crippen molar-refractivity contribution >= 4 is 21.6 Å². The van der Waals surface area contributed by atoms with Crippen molar-refractivity contribution < 1.29 is 0 Å². The van der Waals surface area contributed by atoms with Crippen LogP contribution in [0.1, 0.15) is 18.9 Å². The van der Waals surface area contributed by atoms with Crippen LogP contribution >= 0.6 is 15.9 Å². The van der Waals surface area contributed by atoms with E-state index in [2.05, 4.69) is 34.8 Å². The van der Waals surface area contributed by atoms with E-state index < -0.39 is 0 Å². The second-order valence-corrected chi connectivity index (χ2v) is 4.23. The number of anilines is 1. The van der Waals surface area contributed by atoms with Crippen LogP contribution in [0.4, 0.5) is 5.69 Å². The van der Waals surface area contributed by atoms with E-state index in [9.17, 15) is 0 Å². The molecule has 16 heavy (non-hydrogen) atoms. The molecule has 0 radical (unpaired) electrons. The van der Waals surface area contributed by atoms with E-state index in [1.165, 1.54) is 0 Å². The van der Waals surface area contributed by atoms with Gasteiger partial charge in [0.25, 0.3) is 0 Å². The molecule has 1 rings (SSSR count). The first-order valence-corrected chi connectivity index (χ1v) is 5.91. The van der Waals surface area contributed by atoms with Crippen molar-refractivity contribution in [2.45, 2.75) is 13.3 Å². The minimum Gasteiger partial charge on any atom is -0.359 e. The van der Waals surface area contributed by atoms with Gasteiger partial charge in [-0.25, -0.2) is 0 Å². The first kappa shape index (κ1) is 12.6. The number of terminal acetylenes is 1. The van der Waals surface area contributed by atoms with E-state index >= 15 is 0 Å². The van der Waals surface area contributed by atoms with Crippen LogP contribution in [0.2, 0.25) is 0 Å². The maximum atomic E-state index is 9.13. The molecular formula is C13H13BrN2. The standard InChI is InChI=1S/C13H13BrN2/c1-3-8-16(9-4-2)13-7-5-6-12(14)11(13)10-15/h1,5-7H,4,8-9H2,2H3. The van der Waals surface area contributed by atoms with Crippen LogP contribution in [-0.4, -0.2) is 13.1 Å².